The molecule has 0 rings (SSSR count). The molecule has 1 unspecified atom stereocenters. The molecule has 0 aromatic heterocycles. The molecule has 0 spiro atoms. The van der Waals surface area contributed by atoms with Gasteiger partial charge in [0.25, 0.3) is 0 Å². The van der Waals surface area contributed by atoms with Crippen molar-refractivity contribution in [1.82, 2.24) is 0 Å². The molecule has 0 bridgehead atoms. The maximum atomic E-state index is 9.90. The minimum absolute atomic E-state index is 0. The highest BCUT2D eigenvalue weighted by atomic mass is 35.5. The van der Waals surface area contributed by atoms with E-state index in [1.807, 2.05) is 0 Å². The quantitative estimate of drug-likeness (QED) is 0.214. The number of likely N-dealkylation sites (N-methyl/N-ethyl adjacent to an activating group) is 1. The highest BCUT2D eigenvalue weighted by molar-refractivity contribution is 6.18. The van der Waals surface area contributed by atoms with Crippen molar-refractivity contribution in [2.24, 2.45) is 0 Å². The number of unbranched alkanes of at least 4 members (excludes halogenated alkanes) is 11. The minimum atomic E-state index is -0.358. The molecule has 0 radical (unpaired) electrons. The molecule has 0 amide bonds. The fourth-order valence-electron chi connectivity index (χ4n) is 3.67. The Morgan fingerprint density at radius 2 is 1.12 bits per heavy atom. The van der Waals surface area contributed by atoms with E-state index < -0.39 is 0 Å². The predicted molar refractivity (Wildman–Crippen MR) is 109 cm³/mol. The summed E-state index contributed by atoms with van der Waals surface area (Å²) in [5, 5.41) is 9.90. The molecule has 4 heteroatoms. The molecule has 0 saturated carbocycles. The Morgan fingerprint density at radius 1 is 0.720 bits per heavy atom. The van der Waals surface area contributed by atoms with Crippen LogP contribution in [0.25, 0.3) is 0 Å². The highest BCUT2D eigenvalue weighted by Crippen LogP contribution is 2.15. The average Bonchev–Trinajstić information content (AvgIpc) is 2.61. The fraction of sp³-hybridized carbons (Fsp3) is 1.00. The molecule has 25 heavy (non-hydrogen) atoms. The van der Waals surface area contributed by atoms with Crippen LogP contribution >= 0.6 is 11.6 Å². The molecule has 0 saturated heterocycles. The van der Waals surface area contributed by atoms with Crippen molar-refractivity contribution in [2.45, 2.75) is 104 Å². The average molecular weight is 399 g/mol. The molecular formula is C21H45Cl2NO. The van der Waals surface area contributed by atoms with Crippen molar-refractivity contribution in [2.75, 3.05) is 32.1 Å². The van der Waals surface area contributed by atoms with Crippen molar-refractivity contribution >= 4 is 11.6 Å². The van der Waals surface area contributed by atoms with E-state index in [4.69, 9.17) is 11.6 Å². The van der Waals surface area contributed by atoms with E-state index in [1.54, 1.807) is 0 Å². The summed E-state index contributed by atoms with van der Waals surface area (Å²) >= 11 is 5.79. The molecule has 1 atom stereocenters. The molecule has 0 aliphatic heterocycles. The molecule has 154 valence electrons. The van der Waals surface area contributed by atoms with Crippen LogP contribution in [0.5, 0.6) is 0 Å². The highest BCUT2D eigenvalue weighted by Gasteiger charge is 2.25. The van der Waals surface area contributed by atoms with Gasteiger partial charge < -0.3 is 22.0 Å². The van der Waals surface area contributed by atoms with Gasteiger partial charge in [-0.1, -0.05) is 71.1 Å². The maximum absolute atomic E-state index is 9.90. The Morgan fingerprint density at radius 3 is 1.48 bits per heavy atom. The third-order valence-corrected chi connectivity index (χ3v) is 5.96. The Hall–Kier alpha value is 0.500. The van der Waals surface area contributed by atoms with E-state index in [0.29, 0.717) is 5.88 Å². The number of rotatable bonds is 18. The summed E-state index contributed by atoms with van der Waals surface area (Å²) in [6.07, 6.45) is 16.4. The predicted octanol–water partition coefficient (Wildman–Crippen LogP) is 3.15. The van der Waals surface area contributed by atoms with E-state index in [9.17, 15) is 5.11 Å². The van der Waals surface area contributed by atoms with E-state index >= 15 is 0 Å². The Labute approximate surface area is 169 Å². The Bertz CT molecular complexity index is 260. The van der Waals surface area contributed by atoms with E-state index in [0.717, 1.165) is 24.1 Å². The Balaban J connectivity index is 0. The molecule has 0 aliphatic carbocycles. The van der Waals surface area contributed by atoms with Gasteiger partial charge in [-0.05, 0) is 26.7 Å². The van der Waals surface area contributed by atoms with E-state index in [2.05, 4.69) is 20.8 Å². The summed E-state index contributed by atoms with van der Waals surface area (Å²) < 4.78 is 1.02. The van der Waals surface area contributed by atoms with Gasteiger partial charge in [0.05, 0.1) is 25.5 Å². The third kappa shape index (κ3) is 15.3. The molecule has 0 aromatic rings. The minimum Gasteiger partial charge on any atom is -1.00 e. The van der Waals surface area contributed by atoms with Gasteiger partial charge in [0, 0.05) is 0 Å². The zero-order chi connectivity index (χ0) is 18.1. The summed E-state index contributed by atoms with van der Waals surface area (Å²) in [7, 11) is 0. The van der Waals surface area contributed by atoms with Crippen molar-refractivity contribution in [3.63, 3.8) is 0 Å². The second-order valence-electron chi connectivity index (χ2n) is 7.58. The van der Waals surface area contributed by atoms with E-state index in [1.165, 1.54) is 83.6 Å². The van der Waals surface area contributed by atoms with Gasteiger partial charge in [0.15, 0.2) is 0 Å². The van der Waals surface area contributed by atoms with Gasteiger partial charge in [0.1, 0.15) is 12.6 Å². The van der Waals surface area contributed by atoms with Gasteiger partial charge in [-0.3, -0.25) is 0 Å². The number of hydrogen-bond donors (Lipinski definition) is 1. The lowest BCUT2D eigenvalue weighted by Crippen LogP contribution is -3.00. The summed E-state index contributed by atoms with van der Waals surface area (Å²) in [5.74, 6) is 0.360. The van der Waals surface area contributed by atoms with Gasteiger partial charge in [-0.2, -0.15) is 0 Å². The van der Waals surface area contributed by atoms with Crippen LogP contribution < -0.4 is 12.4 Å². The summed E-state index contributed by atoms with van der Waals surface area (Å²) in [6.45, 7) is 11.0. The van der Waals surface area contributed by atoms with Crippen molar-refractivity contribution < 1.29 is 22.0 Å². The molecule has 0 fully saturated rings. The lowest BCUT2D eigenvalue weighted by Gasteiger charge is -2.38. The second-order valence-corrected chi connectivity index (χ2v) is 7.89. The van der Waals surface area contributed by atoms with Crippen LogP contribution in [0.3, 0.4) is 0 Å². The third-order valence-electron chi connectivity index (χ3n) is 5.60. The first-order chi connectivity index (χ1) is 11.6. The van der Waals surface area contributed by atoms with Gasteiger partial charge in [0.2, 0.25) is 0 Å². The summed E-state index contributed by atoms with van der Waals surface area (Å²) in [4.78, 5) is 0. The van der Waals surface area contributed by atoms with Crippen LogP contribution in [0, 0.1) is 0 Å². The largest absolute Gasteiger partial charge is 1.00 e. The Kier molecular flexibility index (Phi) is 21.4. The summed E-state index contributed by atoms with van der Waals surface area (Å²) in [6, 6.07) is 0. The first-order valence-electron chi connectivity index (χ1n) is 10.7. The lowest BCUT2D eigenvalue weighted by molar-refractivity contribution is -0.927. The van der Waals surface area contributed by atoms with Crippen LogP contribution in [0.1, 0.15) is 97.8 Å². The molecule has 1 N–H and O–H groups in total. The number of aliphatic hydroxyl groups excluding tert-OH is 1. The molecular weight excluding hydrogens is 353 g/mol. The van der Waals surface area contributed by atoms with Gasteiger partial charge >= 0.3 is 0 Å². The monoisotopic (exact) mass is 397 g/mol. The topological polar surface area (TPSA) is 20.2 Å². The lowest BCUT2D eigenvalue weighted by atomic mass is 10.0. The standard InChI is InChI=1S/C21H45ClNO.ClH/c1-4-7-8-9-10-11-12-13-14-15-16-17-18-23(5-2,6-3)20-21(24)19-22;/h21,24H,4-20H2,1-3H3;1H/q+1;/p-1. The number of aliphatic hydroxyl groups is 1. The first kappa shape index (κ1) is 27.7. The van der Waals surface area contributed by atoms with Crippen LogP contribution in [-0.4, -0.2) is 47.8 Å². The smallest absolute Gasteiger partial charge is 0.116 e. The fourth-order valence-corrected chi connectivity index (χ4v) is 3.77. The zero-order valence-electron chi connectivity index (χ0n) is 17.2. The normalized spacial score (nSPS) is 12.8. The molecule has 0 aromatic carbocycles. The number of hydrogen-bond acceptors (Lipinski definition) is 1. The van der Waals surface area contributed by atoms with Crippen LogP contribution in [0.2, 0.25) is 0 Å². The second kappa shape index (κ2) is 19.3. The summed E-state index contributed by atoms with van der Waals surface area (Å²) in [5.41, 5.74) is 0. The van der Waals surface area contributed by atoms with E-state index in [-0.39, 0.29) is 18.5 Å². The number of nitrogens with zero attached hydrogens (tertiary/aromatic N) is 1. The van der Waals surface area contributed by atoms with Crippen molar-refractivity contribution in [1.29, 1.82) is 0 Å². The van der Waals surface area contributed by atoms with Crippen LogP contribution in [0.4, 0.5) is 0 Å². The van der Waals surface area contributed by atoms with Crippen molar-refractivity contribution in [3.8, 4) is 0 Å². The number of halogens is 2. The number of alkyl halides is 1. The maximum Gasteiger partial charge on any atom is 0.116 e. The first-order valence-corrected chi connectivity index (χ1v) is 11.3. The van der Waals surface area contributed by atoms with Crippen LogP contribution in [0.15, 0.2) is 0 Å². The van der Waals surface area contributed by atoms with Crippen LogP contribution in [-0.2, 0) is 0 Å². The van der Waals surface area contributed by atoms with Gasteiger partial charge in [-0.15, -0.1) is 11.6 Å². The van der Waals surface area contributed by atoms with Crippen molar-refractivity contribution in [3.05, 3.63) is 0 Å². The zero-order valence-corrected chi connectivity index (χ0v) is 18.8. The number of quaternary nitrogens is 1. The van der Waals surface area contributed by atoms with Gasteiger partial charge in [-0.25, -0.2) is 0 Å². The molecule has 0 heterocycles. The molecule has 0 aliphatic rings. The molecule has 2 nitrogen and oxygen atoms in total. The SMILES string of the molecule is CCCCCCCCCCCCCC[N+](CC)(CC)CC(O)CCl.[Cl-].